The van der Waals surface area contributed by atoms with E-state index in [0.717, 1.165) is 68.3 Å². The smallest absolute Gasteiger partial charge is 0.262 e. The highest BCUT2D eigenvalue weighted by Crippen LogP contribution is 2.21. The first-order valence-corrected chi connectivity index (χ1v) is 13.1. The molecule has 8 heteroatoms. The van der Waals surface area contributed by atoms with Gasteiger partial charge in [-0.05, 0) is 48.0 Å². The van der Waals surface area contributed by atoms with Gasteiger partial charge in [0.1, 0.15) is 17.3 Å². The number of methoxy groups -OCH3 is 1. The Kier molecular flexibility index (Phi) is 8.21. The number of nitrogens with one attached hydrogen (secondary N) is 1. The number of benzene rings is 3. The van der Waals surface area contributed by atoms with Crippen molar-refractivity contribution >= 4 is 22.6 Å². The summed E-state index contributed by atoms with van der Waals surface area (Å²) in [5.74, 6) is 2.19. The first-order valence-electron chi connectivity index (χ1n) is 13.1. The van der Waals surface area contributed by atoms with E-state index in [0.29, 0.717) is 11.4 Å². The normalized spacial score (nSPS) is 14.5. The van der Waals surface area contributed by atoms with E-state index >= 15 is 0 Å². The summed E-state index contributed by atoms with van der Waals surface area (Å²) in [6, 6.07) is 23.7. The highest BCUT2D eigenvalue weighted by Gasteiger charge is 2.18. The molecule has 5 rings (SSSR count). The van der Waals surface area contributed by atoms with E-state index in [1.807, 2.05) is 18.2 Å². The van der Waals surface area contributed by atoms with E-state index in [1.54, 1.807) is 31.4 Å². The number of ether oxygens (including phenoxy) is 2. The van der Waals surface area contributed by atoms with Crippen LogP contribution >= 0.6 is 0 Å². The van der Waals surface area contributed by atoms with Gasteiger partial charge in [-0.2, -0.15) is 0 Å². The van der Waals surface area contributed by atoms with Gasteiger partial charge >= 0.3 is 0 Å². The Balaban J connectivity index is 1.11. The monoisotopic (exact) mass is 513 g/mol. The quantitative estimate of drug-likeness (QED) is 0.346. The van der Waals surface area contributed by atoms with Gasteiger partial charge in [-0.1, -0.05) is 30.3 Å². The van der Waals surface area contributed by atoms with Crippen molar-refractivity contribution in [3.63, 3.8) is 0 Å². The Bertz CT molecular complexity index is 1350. The van der Waals surface area contributed by atoms with Crippen LogP contribution in [0.25, 0.3) is 11.0 Å². The number of rotatable bonds is 10. The molecule has 2 heterocycles. The van der Waals surface area contributed by atoms with E-state index in [-0.39, 0.29) is 12.5 Å². The molecule has 1 N–H and O–H groups in total. The van der Waals surface area contributed by atoms with Crippen LogP contribution in [0.1, 0.15) is 11.4 Å². The molecule has 8 nitrogen and oxygen atoms in total. The Morgan fingerprint density at radius 1 is 0.921 bits per heavy atom. The van der Waals surface area contributed by atoms with Crippen molar-refractivity contribution in [1.29, 1.82) is 0 Å². The minimum Gasteiger partial charge on any atom is -0.497 e. The second kappa shape index (κ2) is 12.1. The van der Waals surface area contributed by atoms with Crippen LogP contribution in [0, 0.1) is 0 Å². The van der Waals surface area contributed by atoms with Gasteiger partial charge in [-0.3, -0.25) is 9.69 Å². The van der Waals surface area contributed by atoms with Crippen molar-refractivity contribution in [3.8, 4) is 11.5 Å². The van der Waals surface area contributed by atoms with Crippen LogP contribution in [-0.2, 0) is 24.8 Å². The summed E-state index contributed by atoms with van der Waals surface area (Å²) in [4.78, 5) is 22.4. The Hall–Kier alpha value is -3.88. The summed E-state index contributed by atoms with van der Waals surface area (Å²) < 4.78 is 12.9. The highest BCUT2D eigenvalue weighted by molar-refractivity contribution is 5.94. The molecule has 0 aliphatic carbocycles. The first-order chi connectivity index (χ1) is 18.6. The molecule has 1 aliphatic heterocycles. The number of carbonyl (C=O) groups excluding carboxylic acids is 1. The molecule has 4 aromatic rings. The SMILES string of the molecule is COc1ccc(OCC(=O)Nc2ccc3c(c2)nc(CCN2CCN(Cc4ccccc4)CC2)n3C)cc1. The number of hydrogen-bond acceptors (Lipinski definition) is 6. The minimum absolute atomic E-state index is 0.0730. The van der Waals surface area contributed by atoms with Crippen LogP contribution in [0.15, 0.2) is 72.8 Å². The van der Waals surface area contributed by atoms with Crippen LogP contribution < -0.4 is 14.8 Å². The molecule has 3 aromatic carbocycles. The van der Waals surface area contributed by atoms with Gasteiger partial charge in [0.05, 0.1) is 18.1 Å². The third kappa shape index (κ3) is 6.51. The summed E-state index contributed by atoms with van der Waals surface area (Å²) >= 11 is 0. The van der Waals surface area contributed by atoms with Gasteiger partial charge < -0.3 is 24.3 Å². The van der Waals surface area contributed by atoms with Crippen molar-refractivity contribution in [2.24, 2.45) is 7.05 Å². The lowest BCUT2D eigenvalue weighted by Gasteiger charge is -2.34. The molecule has 1 aromatic heterocycles. The van der Waals surface area contributed by atoms with Crippen LogP contribution in [0.5, 0.6) is 11.5 Å². The summed E-state index contributed by atoms with van der Waals surface area (Å²) in [6.07, 6.45) is 0.890. The first kappa shape index (κ1) is 25.8. The topological polar surface area (TPSA) is 71.9 Å². The van der Waals surface area contributed by atoms with Gasteiger partial charge in [0.2, 0.25) is 0 Å². The molecule has 198 valence electrons. The zero-order valence-electron chi connectivity index (χ0n) is 22.1. The lowest BCUT2D eigenvalue weighted by Crippen LogP contribution is -2.46. The van der Waals surface area contributed by atoms with E-state index < -0.39 is 0 Å². The zero-order chi connectivity index (χ0) is 26.3. The number of anilines is 1. The lowest BCUT2D eigenvalue weighted by molar-refractivity contribution is -0.118. The highest BCUT2D eigenvalue weighted by atomic mass is 16.5. The van der Waals surface area contributed by atoms with Gasteiger partial charge in [0, 0.05) is 58.4 Å². The van der Waals surface area contributed by atoms with Crippen molar-refractivity contribution < 1.29 is 14.3 Å². The number of fused-ring (bicyclic) bond motifs is 1. The summed E-state index contributed by atoms with van der Waals surface area (Å²) in [6.45, 7) is 6.26. The molecule has 1 saturated heterocycles. The number of aryl methyl sites for hydroxylation is 1. The van der Waals surface area contributed by atoms with Gasteiger partial charge in [-0.15, -0.1) is 0 Å². The average Bonchev–Trinajstić information content (AvgIpc) is 3.26. The van der Waals surface area contributed by atoms with Gasteiger partial charge in [0.25, 0.3) is 5.91 Å². The molecule has 0 radical (unpaired) electrons. The lowest BCUT2D eigenvalue weighted by atomic mass is 10.2. The van der Waals surface area contributed by atoms with E-state index in [4.69, 9.17) is 14.5 Å². The maximum Gasteiger partial charge on any atom is 0.262 e. The molecular formula is C30H35N5O3. The van der Waals surface area contributed by atoms with E-state index in [9.17, 15) is 4.79 Å². The van der Waals surface area contributed by atoms with Crippen molar-refractivity contribution in [1.82, 2.24) is 19.4 Å². The fourth-order valence-electron chi connectivity index (χ4n) is 4.84. The Labute approximate surface area is 223 Å². The molecular weight excluding hydrogens is 478 g/mol. The van der Waals surface area contributed by atoms with Crippen LogP contribution in [0.2, 0.25) is 0 Å². The minimum atomic E-state index is -0.220. The molecule has 0 unspecified atom stereocenters. The van der Waals surface area contributed by atoms with Crippen LogP contribution in [-0.4, -0.2) is 71.7 Å². The van der Waals surface area contributed by atoms with Crippen molar-refractivity contribution in [2.75, 3.05) is 51.8 Å². The summed E-state index contributed by atoms with van der Waals surface area (Å²) in [5.41, 5.74) is 4.02. The fraction of sp³-hybridized carbons (Fsp3) is 0.333. The number of nitrogens with zero attached hydrogens (tertiary/aromatic N) is 4. The average molecular weight is 514 g/mol. The molecule has 0 atom stereocenters. The number of aromatic nitrogens is 2. The second-order valence-electron chi connectivity index (χ2n) is 9.66. The van der Waals surface area contributed by atoms with Gasteiger partial charge in [0.15, 0.2) is 6.61 Å². The van der Waals surface area contributed by atoms with Gasteiger partial charge in [-0.25, -0.2) is 4.98 Å². The number of imidazole rings is 1. The number of hydrogen-bond donors (Lipinski definition) is 1. The van der Waals surface area contributed by atoms with E-state index in [1.165, 1.54) is 5.56 Å². The molecule has 0 spiro atoms. The Morgan fingerprint density at radius 2 is 1.63 bits per heavy atom. The fourth-order valence-corrected chi connectivity index (χ4v) is 4.84. The zero-order valence-corrected chi connectivity index (χ0v) is 22.1. The molecule has 0 bridgehead atoms. The molecule has 0 saturated carbocycles. The van der Waals surface area contributed by atoms with E-state index in [2.05, 4.69) is 57.1 Å². The summed E-state index contributed by atoms with van der Waals surface area (Å²) in [7, 11) is 3.67. The molecule has 1 amide bonds. The van der Waals surface area contributed by atoms with Crippen molar-refractivity contribution in [2.45, 2.75) is 13.0 Å². The third-order valence-corrected chi connectivity index (χ3v) is 7.05. The standard InChI is InChI=1S/C30H35N5O3/c1-33-28-13-8-24(31-30(36)22-38-26-11-9-25(37-2)10-12-26)20-27(28)32-29(33)14-15-34-16-18-35(19-17-34)21-23-6-4-3-5-7-23/h3-13,20H,14-19,21-22H2,1-2H3,(H,31,36). The summed E-state index contributed by atoms with van der Waals surface area (Å²) in [5, 5.41) is 2.91. The number of amides is 1. The molecule has 38 heavy (non-hydrogen) atoms. The molecule has 1 fully saturated rings. The second-order valence-corrected chi connectivity index (χ2v) is 9.66. The predicted octanol–water partition coefficient (Wildman–Crippen LogP) is 3.96. The Morgan fingerprint density at radius 3 is 2.37 bits per heavy atom. The van der Waals surface area contributed by atoms with Crippen LogP contribution in [0.4, 0.5) is 5.69 Å². The van der Waals surface area contributed by atoms with Crippen LogP contribution in [0.3, 0.4) is 0 Å². The predicted molar refractivity (Wildman–Crippen MR) is 150 cm³/mol. The molecule has 1 aliphatic rings. The maximum atomic E-state index is 12.4. The number of piperazine rings is 1. The number of carbonyl (C=O) groups is 1. The third-order valence-electron chi connectivity index (χ3n) is 7.05. The largest absolute Gasteiger partial charge is 0.497 e. The van der Waals surface area contributed by atoms with Crippen molar-refractivity contribution in [3.05, 3.63) is 84.2 Å². The maximum absolute atomic E-state index is 12.4.